The molecule has 0 aliphatic carbocycles. The monoisotopic (exact) mass is 256 g/mol. The van der Waals surface area contributed by atoms with Gasteiger partial charge in [-0.3, -0.25) is 9.79 Å². The highest BCUT2D eigenvalue weighted by Gasteiger charge is 2.15. The zero-order valence-corrected chi connectivity index (χ0v) is 11.0. The van der Waals surface area contributed by atoms with Crippen LogP contribution < -0.4 is 16.8 Å². The van der Waals surface area contributed by atoms with Gasteiger partial charge in [0.25, 0.3) is 5.91 Å². The number of carbonyl (C=O) groups is 1. The molecule has 1 amide bonds. The Morgan fingerprint density at radius 1 is 1.44 bits per heavy atom. The molecule has 102 valence electrons. The van der Waals surface area contributed by atoms with Gasteiger partial charge in [0.2, 0.25) is 0 Å². The van der Waals surface area contributed by atoms with Gasteiger partial charge in [0.15, 0.2) is 0 Å². The molecule has 0 fully saturated rings. The summed E-state index contributed by atoms with van der Waals surface area (Å²) in [5.41, 5.74) is 10.8. The summed E-state index contributed by atoms with van der Waals surface area (Å²) in [5, 5.41) is 2.74. The Bertz CT molecular complexity index is 367. The summed E-state index contributed by atoms with van der Waals surface area (Å²) in [7, 11) is 0. The number of halogens is 1. The van der Waals surface area contributed by atoms with E-state index in [0.29, 0.717) is 11.9 Å². The summed E-state index contributed by atoms with van der Waals surface area (Å²) in [4.78, 5) is 15.7. The normalized spacial score (nSPS) is 14.1. The van der Waals surface area contributed by atoms with Crippen molar-refractivity contribution in [3.8, 4) is 0 Å². The van der Waals surface area contributed by atoms with Crippen LogP contribution in [0.25, 0.3) is 0 Å². The number of carbonyl (C=O) groups excluding carboxylic acids is 1. The first-order chi connectivity index (χ1) is 8.34. The topological polar surface area (TPSA) is 93.5 Å². The van der Waals surface area contributed by atoms with E-state index >= 15 is 0 Å². The van der Waals surface area contributed by atoms with Crippen LogP contribution in [0.15, 0.2) is 28.7 Å². The molecule has 0 aromatic heterocycles. The summed E-state index contributed by atoms with van der Waals surface area (Å²) in [6, 6.07) is 0. The molecule has 0 spiro atoms. The number of hydrogen-bond donors (Lipinski definition) is 3. The number of hydrogen-bond acceptors (Lipinski definition) is 4. The second kappa shape index (κ2) is 7.60. The van der Waals surface area contributed by atoms with Crippen LogP contribution in [0.4, 0.5) is 4.39 Å². The van der Waals surface area contributed by atoms with Crippen LogP contribution in [0.2, 0.25) is 0 Å². The van der Waals surface area contributed by atoms with Gasteiger partial charge in [-0.25, -0.2) is 4.39 Å². The van der Waals surface area contributed by atoms with Gasteiger partial charge in [-0.15, -0.1) is 0 Å². The molecular weight excluding hydrogens is 235 g/mol. The first-order valence-electron chi connectivity index (χ1n) is 5.56. The smallest absolute Gasteiger partial charge is 0.254 e. The molecule has 0 rings (SSSR count). The van der Waals surface area contributed by atoms with Crippen molar-refractivity contribution in [1.29, 1.82) is 0 Å². The lowest BCUT2D eigenvalue weighted by molar-refractivity contribution is -0.118. The van der Waals surface area contributed by atoms with E-state index in [-0.39, 0.29) is 30.1 Å². The quantitative estimate of drug-likeness (QED) is 0.497. The van der Waals surface area contributed by atoms with Gasteiger partial charge in [-0.1, -0.05) is 0 Å². The van der Waals surface area contributed by atoms with E-state index in [9.17, 15) is 9.18 Å². The van der Waals surface area contributed by atoms with Crippen LogP contribution in [-0.2, 0) is 4.79 Å². The third-order valence-corrected chi connectivity index (χ3v) is 1.87. The molecule has 5 N–H and O–H groups in total. The Hall–Kier alpha value is -1.69. The molecule has 0 aliphatic rings. The van der Waals surface area contributed by atoms with Crippen molar-refractivity contribution in [1.82, 2.24) is 5.32 Å². The van der Waals surface area contributed by atoms with E-state index in [1.54, 1.807) is 0 Å². The summed E-state index contributed by atoms with van der Waals surface area (Å²) >= 11 is 0. The molecule has 6 heteroatoms. The molecule has 18 heavy (non-hydrogen) atoms. The van der Waals surface area contributed by atoms with E-state index in [4.69, 9.17) is 11.5 Å². The summed E-state index contributed by atoms with van der Waals surface area (Å²) in [5.74, 6) is -0.327. The first kappa shape index (κ1) is 16.3. The third kappa shape index (κ3) is 6.80. The molecule has 0 aromatic carbocycles. The highest BCUT2D eigenvalue weighted by Crippen LogP contribution is 2.01. The molecule has 0 saturated carbocycles. The lowest BCUT2D eigenvalue weighted by atomic mass is 10.1. The third-order valence-electron chi connectivity index (χ3n) is 1.87. The van der Waals surface area contributed by atoms with Gasteiger partial charge in [0.1, 0.15) is 0 Å². The fourth-order valence-corrected chi connectivity index (χ4v) is 0.995. The maximum absolute atomic E-state index is 12.2. The summed E-state index contributed by atoms with van der Waals surface area (Å²) in [6.07, 6.45) is 2.88. The highest BCUT2D eigenvalue weighted by atomic mass is 19.1. The van der Waals surface area contributed by atoms with Crippen molar-refractivity contribution in [2.75, 3.05) is 13.1 Å². The molecule has 0 atom stereocenters. The van der Waals surface area contributed by atoms with Gasteiger partial charge in [-0.05, 0) is 26.3 Å². The largest absolute Gasteiger partial charge is 0.404 e. The minimum atomic E-state index is -0.361. The van der Waals surface area contributed by atoms with E-state index in [1.807, 2.05) is 20.8 Å². The van der Waals surface area contributed by atoms with Crippen LogP contribution in [0.5, 0.6) is 0 Å². The molecular formula is C12H21FN4O. The Balaban J connectivity index is 4.54. The van der Waals surface area contributed by atoms with Crippen LogP contribution >= 0.6 is 0 Å². The molecule has 0 aliphatic heterocycles. The van der Waals surface area contributed by atoms with Crippen molar-refractivity contribution in [3.63, 3.8) is 0 Å². The Kier molecular flexibility index (Phi) is 6.89. The lowest BCUT2D eigenvalue weighted by Crippen LogP contribution is -2.41. The standard InChI is InChI=1S/C12H21FN4O/c1-12(2,3)17-11(18)10(6-15)8-16-7-9(4-13)5-14/h4,6,8H,5,7,14-15H2,1-3H3,(H,17,18)/b9-4+,10-6?,16-8?. The molecule has 0 aromatic rings. The average molecular weight is 256 g/mol. The van der Waals surface area contributed by atoms with E-state index < -0.39 is 0 Å². The summed E-state index contributed by atoms with van der Waals surface area (Å²) < 4.78 is 12.2. The first-order valence-corrected chi connectivity index (χ1v) is 5.56. The van der Waals surface area contributed by atoms with Gasteiger partial charge in [0.05, 0.1) is 18.4 Å². The molecule has 0 heterocycles. The van der Waals surface area contributed by atoms with Gasteiger partial charge in [0, 0.05) is 24.5 Å². The second-order valence-electron chi connectivity index (χ2n) is 4.77. The number of nitrogens with one attached hydrogen (secondary N) is 1. The maximum atomic E-state index is 12.2. The predicted molar refractivity (Wildman–Crippen MR) is 71.8 cm³/mol. The fraction of sp³-hybridized carbons (Fsp3) is 0.500. The van der Waals surface area contributed by atoms with E-state index in [2.05, 4.69) is 10.3 Å². The van der Waals surface area contributed by atoms with Crippen molar-refractivity contribution < 1.29 is 9.18 Å². The Labute approximate surface area is 107 Å². The summed E-state index contributed by atoms with van der Waals surface area (Å²) in [6.45, 7) is 5.76. The van der Waals surface area contributed by atoms with Gasteiger partial charge >= 0.3 is 0 Å². The van der Waals surface area contributed by atoms with Crippen molar-refractivity contribution in [2.24, 2.45) is 16.5 Å². The molecule has 5 nitrogen and oxygen atoms in total. The van der Waals surface area contributed by atoms with Gasteiger partial charge < -0.3 is 16.8 Å². The minimum absolute atomic E-state index is 0.0870. The van der Waals surface area contributed by atoms with Crippen LogP contribution in [0.3, 0.4) is 0 Å². The average Bonchev–Trinajstić information content (AvgIpc) is 2.27. The van der Waals surface area contributed by atoms with Crippen molar-refractivity contribution in [3.05, 3.63) is 23.7 Å². The number of aliphatic imine (C=N–C) groups is 1. The molecule has 0 unspecified atom stereocenters. The molecule has 0 bridgehead atoms. The second-order valence-corrected chi connectivity index (χ2v) is 4.77. The van der Waals surface area contributed by atoms with Crippen LogP contribution in [0, 0.1) is 0 Å². The zero-order chi connectivity index (χ0) is 14.2. The number of nitrogens with zero attached hydrogens (tertiary/aromatic N) is 1. The predicted octanol–water partition coefficient (Wildman–Crippen LogP) is 0.627. The van der Waals surface area contributed by atoms with Crippen LogP contribution in [0.1, 0.15) is 20.8 Å². The molecule has 0 radical (unpaired) electrons. The molecule has 0 saturated heterocycles. The lowest BCUT2D eigenvalue weighted by Gasteiger charge is -2.20. The highest BCUT2D eigenvalue weighted by molar-refractivity contribution is 6.12. The van der Waals surface area contributed by atoms with Crippen molar-refractivity contribution >= 4 is 12.1 Å². The number of nitrogens with two attached hydrogens (primary N) is 2. The zero-order valence-electron chi connectivity index (χ0n) is 11.0. The van der Waals surface area contributed by atoms with Gasteiger partial charge in [-0.2, -0.15) is 0 Å². The van der Waals surface area contributed by atoms with E-state index in [1.165, 1.54) is 6.21 Å². The maximum Gasteiger partial charge on any atom is 0.254 e. The van der Waals surface area contributed by atoms with Crippen molar-refractivity contribution in [2.45, 2.75) is 26.3 Å². The number of amides is 1. The van der Waals surface area contributed by atoms with E-state index in [0.717, 1.165) is 6.20 Å². The Morgan fingerprint density at radius 3 is 2.44 bits per heavy atom. The fourth-order valence-electron chi connectivity index (χ4n) is 0.995. The number of rotatable bonds is 5. The minimum Gasteiger partial charge on any atom is -0.404 e. The SMILES string of the molecule is CC(C)(C)NC(=O)C(C=NC/C(=C/F)CN)=CN. The Morgan fingerprint density at radius 2 is 2.06 bits per heavy atom. The van der Waals surface area contributed by atoms with Crippen LogP contribution in [-0.4, -0.2) is 30.8 Å².